The number of benzene rings is 1. The number of rotatable bonds is 6. The zero-order valence-corrected chi connectivity index (χ0v) is 13.7. The average molecular weight is 359 g/mol. The van der Waals surface area contributed by atoms with Crippen molar-refractivity contribution in [3.63, 3.8) is 0 Å². The van der Waals surface area contributed by atoms with Gasteiger partial charge in [-0.2, -0.15) is 0 Å². The second kappa shape index (κ2) is 7.87. The van der Waals surface area contributed by atoms with E-state index < -0.39 is 18.0 Å². The van der Waals surface area contributed by atoms with Crippen molar-refractivity contribution >= 4 is 33.6 Å². The molecule has 0 saturated carbocycles. The van der Waals surface area contributed by atoms with Gasteiger partial charge in [0, 0.05) is 17.8 Å². The van der Waals surface area contributed by atoms with Crippen molar-refractivity contribution in [2.45, 2.75) is 26.3 Å². The first-order chi connectivity index (χ1) is 9.83. The first-order valence-electron chi connectivity index (χ1n) is 6.46. The predicted molar refractivity (Wildman–Crippen MR) is 83.7 cm³/mol. The second-order valence-electron chi connectivity index (χ2n) is 4.90. The molecule has 0 fully saturated rings. The first kappa shape index (κ1) is 17.3. The highest BCUT2D eigenvalue weighted by Gasteiger charge is 2.19. The molecule has 0 radical (unpaired) electrons. The van der Waals surface area contributed by atoms with Crippen LogP contribution in [0.1, 0.15) is 20.3 Å². The lowest BCUT2D eigenvalue weighted by Crippen LogP contribution is -2.42. The number of hydrogen-bond acceptors (Lipinski definition) is 3. The van der Waals surface area contributed by atoms with Crippen LogP contribution in [0.25, 0.3) is 0 Å². The molecule has 0 aliphatic heterocycles. The third kappa shape index (κ3) is 5.63. The van der Waals surface area contributed by atoms with Gasteiger partial charge in [0.1, 0.15) is 5.75 Å². The summed E-state index contributed by atoms with van der Waals surface area (Å²) in [7, 11) is 1.53. The van der Waals surface area contributed by atoms with Crippen LogP contribution in [-0.2, 0) is 4.79 Å². The number of nitrogens with one attached hydrogen (secondary N) is 2. The van der Waals surface area contributed by atoms with E-state index in [1.54, 1.807) is 18.2 Å². The molecule has 1 aromatic carbocycles. The van der Waals surface area contributed by atoms with Crippen LogP contribution >= 0.6 is 15.9 Å². The number of methoxy groups -OCH3 is 1. The minimum absolute atomic E-state index is 0.0197. The predicted octanol–water partition coefficient (Wildman–Crippen LogP) is 3.08. The molecule has 0 saturated heterocycles. The fourth-order valence-electron chi connectivity index (χ4n) is 1.71. The van der Waals surface area contributed by atoms with Crippen molar-refractivity contribution in [1.29, 1.82) is 0 Å². The smallest absolute Gasteiger partial charge is 0.319 e. The summed E-state index contributed by atoms with van der Waals surface area (Å²) >= 11 is 3.32. The molecule has 1 atom stereocenters. The van der Waals surface area contributed by atoms with Crippen LogP contribution < -0.4 is 15.4 Å². The van der Waals surface area contributed by atoms with Crippen LogP contribution in [0.4, 0.5) is 10.5 Å². The summed E-state index contributed by atoms with van der Waals surface area (Å²) in [5.74, 6) is -0.329. The molecule has 6 nitrogen and oxygen atoms in total. The molecule has 1 aromatic rings. The largest absolute Gasteiger partial charge is 0.495 e. The SMILES string of the molecule is COc1cc(NC(=O)NC(CC(=O)O)C(C)C)ccc1Br. The van der Waals surface area contributed by atoms with Crippen LogP contribution in [0.2, 0.25) is 0 Å². The van der Waals surface area contributed by atoms with E-state index in [-0.39, 0.29) is 12.3 Å². The highest BCUT2D eigenvalue weighted by Crippen LogP contribution is 2.27. The number of amides is 2. The molecule has 1 unspecified atom stereocenters. The minimum atomic E-state index is -0.945. The van der Waals surface area contributed by atoms with Crippen molar-refractivity contribution in [2.24, 2.45) is 5.92 Å². The molecule has 7 heteroatoms. The van der Waals surface area contributed by atoms with E-state index in [1.165, 1.54) is 7.11 Å². The Kier molecular flexibility index (Phi) is 6.48. The highest BCUT2D eigenvalue weighted by atomic mass is 79.9. The lowest BCUT2D eigenvalue weighted by molar-refractivity contribution is -0.137. The van der Waals surface area contributed by atoms with Crippen LogP contribution in [0, 0.1) is 5.92 Å². The van der Waals surface area contributed by atoms with E-state index in [1.807, 2.05) is 13.8 Å². The molecule has 0 aromatic heterocycles. The van der Waals surface area contributed by atoms with Gasteiger partial charge in [-0.15, -0.1) is 0 Å². The molecule has 2 amide bonds. The van der Waals surface area contributed by atoms with Crippen molar-refractivity contribution < 1.29 is 19.4 Å². The molecule has 21 heavy (non-hydrogen) atoms. The molecule has 0 aliphatic rings. The monoisotopic (exact) mass is 358 g/mol. The van der Waals surface area contributed by atoms with Gasteiger partial charge in [0.15, 0.2) is 0 Å². The fraction of sp³-hybridized carbons (Fsp3) is 0.429. The number of carboxylic acid groups (broad SMARTS) is 1. The summed E-state index contributed by atoms with van der Waals surface area (Å²) < 4.78 is 5.92. The quantitative estimate of drug-likeness (QED) is 0.728. The number of hydrogen-bond donors (Lipinski definition) is 3. The van der Waals surface area contributed by atoms with E-state index in [0.717, 1.165) is 4.47 Å². The number of carbonyl (C=O) groups is 2. The number of carbonyl (C=O) groups excluding carboxylic acids is 1. The maximum Gasteiger partial charge on any atom is 0.319 e. The topological polar surface area (TPSA) is 87.7 Å². The van der Waals surface area contributed by atoms with Gasteiger partial charge in [-0.05, 0) is 34.0 Å². The van der Waals surface area contributed by atoms with E-state index in [0.29, 0.717) is 11.4 Å². The first-order valence-corrected chi connectivity index (χ1v) is 7.25. The van der Waals surface area contributed by atoms with Crippen LogP contribution in [0.5, 0.6) is 5.75 Å². The van der Waals surface area contributed by atoms with E-state index >= 15 is 0 Å². The molecular formula is C14H19BrN2O4. The van der Waals surface area contributed by atoms with Gasteiger partial charge in [0.2, 0.25) is 0 Å². The van der Waals surface area contributed by atoms with Crippen molar-refractivity contribution in [3.05, 3.63) is 22.7 Å². The molecule has 0 heterocycles. The summed E-state index contributed by atoms with van der Waals surface area (Å²) in [4.78, 5) is 22.7. The average Bonchev–Trinajstić information content (AvgIpc) is 2.39. The molecule has 116 valence electrons. The zero-order chi connectivity index (χ0) is 16.0. The van der Waals surface area contributed by atoms with Gasteiger partial charge in [-0.1, -0.05) is 13.8 Å². The molecule has 1 rings (SSSR count). The highest BCUT2D eigenvalue weighted by molar-refractivity contribution is 9.10. The number of carboxylic acids is 1. The maximum atomic E-state index is 11.9. The number of ether oxygens (including phenoxy) is 1. The Hall–Kier alpha value is -1.76. The lowest BCUT2D eigenvalue weighted by Gasteiger charge is -2.21. The van der Waals surface area contributed by atoms with Gasteiger partial charge >= 0.3 is 12.0 Å². The van der Waals surface area contributed by atoms with Gasteiger partial charge in [-0.25, -0.2) is 4.79 Å². The summed E-state index contributed by atoms with van der Waals surface area (Å²) in [6.07, 6.45) is -0.116. The van der Waals surface area contributed by atoms with Crippen LogP contribution in [-0.4, -0.2) is 30.3 Å². The number of urea groups is 1. The van der Waals surface area contributed by atoms with Crippen molar-refractivity contribution in [2.75, 3.05) is 12.4 Å². The molecule has 3 N–H and O–H groups in total. The Morgan fingerprint density at radius 1 is 1.38 bits per heavy atom. The molecule has 0 aliphatic carbocycles. The number of aliphatic carboxylic acids is 1. The minimum Gasteiger partial charge on any atom is -0.495 e. The molecule has 0 spiro atoms. The van der Waals surface area contributed by atoms with Crippen molar-refractivity contribution in [1.82, 2.24) is 5.32 Å². The van der Waals surface area contributed by atoms with Gasteiger partial charge in [-0.3, -0.25) is 4.79 Å². The Bertz CT molecular complexity index is 520. The van der Waals surface area contributed by atoms with E-state index in [2.05, 4.69) is 26.6 Å². The van der Waals surface area contributed by atoms with E-state index in [9.17, 15) is 9.59 Å². The summed E-state index contributed by atoms with van der Waals surface area (Å²) in [5, 5.41) is 14.2. The normalized spacial score (nSPS) is 11.9. The summed E-state index contributed by atoms with van der Waals surface area (Å²) in [5.41, 5.74) is 0.561. The van der Waals surface area contributed by atoms with Gasteiger partial charge in [0.25, 0.3) is 0 Å². The second-order valence-corrected chi connectivity index (χ2v) is 5.75. The summed E-state index contributed by atoms with van der Waals surface area (Å²) in [6, 6.07) is 4.27. The third-order valence-corrected chi connectivity index (χ3v) is 3.58. The van der Waals surface area contributed by atoms with Gasteiger partial charge in [0.05, 0.1) is 18.0 Å². The van der Waals surface area contributed by atoms with Crippen LogP contribution in [0.15, 0.2) is 22.7 Å². The number of halogens is 1. The Balaban J connectivity index is 2.69. The Morgan fingerprint density at radius 2 is 2.05 bits per heavy atom. The Morgan fingerprint density at radius 3 is 2.57 bits per heavy atom. The Labute approximate surface area is 132 Å². The van der Waals surface area contributed by atoms with E-state index in [4.69, 9.17) is 9.84 Å². The lowest BCUT2D eigenvalue weighted by atomic mass is 10.0. The maximum absolute atomic E-state index is 11.9. The molecule has 0 bridgehead atoms. The molecular weight excluding hydrogens is 340 g/mol. The number of anilines is 1. The standard InChI is InChI=1S/C14H19BrN2O4/c1-8(2)11(7-13(18)19)17-14(20)16-9-4-5-10(15)12(6-9)21-3/h4-6,8,11H,7H2,1-3H3,(H,18,19)(H2,16,17,20). The summed E-state index contributed by atoms with van der Waals surface area (Å²) in [6.45, 7) is 3.72. The third-order valence-electron chi connectivity index (χ3n) is 2.92. The zero-order valence-electron chi connectivity index (χ0n) is 12.1. The van der Waals surface area contributed by atoms with Crippen molar-refractivity contribution in [3.8, 4) is 5.75 Å². The van der Waals surface area contributed by atoms with Gasteiger partial charge < -0.3 is 20.5 Å². The van der Waals surface area contributed by atoms with Crippen LogP contribution in [0.3, 0.4) is 0 Å². The fourth-order valence-corrected chi connectivity index (χ4v) is 2.12.